The molecule has 1 N–H and O–H groups in total. The molecule has 0 amide bonds. The summed E-state index contributed by atoms with van der Waals surface area (Å²) in [6.45, 7) is 3.97. The van der Waals surface area contributed by atoms with Gasteiger partial charge in [0, 0.05) is 31.9 Å². The van der Waals surface area contributed by atoms with Crippen LogP contribution in [0, 0.1) is 17.5 Å². The lowest BCUT2D eigenvalue weighted by Crippen LogP contribution is -2.50. The van der Waals surface area contributed by atoms with Crippen LogP contribution < -0.4 is 10.2 Å². The van der Waals surface area contributed by atoms with E-state index in [-0.39, 0.29) is 34.4 Å². The monoisotopic (exact) mass is 348 g/mol. The van der Waals surface area contributed by atoms with E-state index < -0.39 is 17.5 Å². The Balaban J connectivity index is 1.96. The van der Waals surface area contributed by atoms with Gasteiger partial charge in [0.1, 0.15) is 0 Å². The van der Waals surface area contributed by atoms with Gasteiger partial charge >= 0.3 is 0 Å². The summed E-state index contributed by atoms with van der Waals surface area (Å²) < 4.78 is 48.4. The normalized spacial score (nSPS) is 18.1. The number of nitrogens with zero attached hydrogens (tertiary/aromatic N) is 3. The second kappa shape index (κ2) is 6.03. The van der Waals surface area contributed by atoms with Crippen molar-refractivity contribution in [2.75, 3.05) is 24.5 Å². The van der Waals surface area contributed by atoms with Crippen LogP contribution in [0.5, 0.6) is 0 Å². The van der Waals surface area contributed by atoms with Crippen molar-refractivity contribution in [3.63, 3.8) is 0 Å². The third kappa shape index (κ3) is 2.53. The lowest BCUT2D eigenvalue weighted by molar-refractivity contribution is 0.449. The molecule has 1 fully saturated rings. The Morgan fingerprint density at radius 2 is 2.04 bits per heavy atom. The fraction of sp³-hybridized carbons (Fsp3) is 0.294. The first-order valence-electron chi connectivity index (χ1n) is 7.93. The maximum Gasteiger partial charge on any atom is 0.298 e. The first kappa shape index (κ1) is 15.9. The molecule has 1 atom stereocenters. The number of aromatic nitrogens is 2. The van der Waals surface area contributed by atoms with Gasteiger partial charge in [-0.3, -0.25) is 4.98 Å². The number of anilines is 1. The van der Waals surface area contributed by atoms with E-state index in [1.165, 1.54) is 12.3 Å². The molecule has 5 nitrogen and oxygen atoms in total. The Hall–Kier alpha value is -2.61. The number of hydrogen-bond donors (Lipinski definition) is 1. The second-order valence-corrected chi connectivity index (χ2v) is 5.95. The highest BCUT2D eigenvalue weighted by Gasteiger charge is 2.29. The van der Waals surface area contributed by atoms with Gasteiger partial charge in [-0.15, -0.1) is 0 Å². The number of rotatable bonds is 2. The van der Waals surface area contributed by atoms with E-state index in [9.17, 15) is 13.2 Å². The molecule has 130 valence electrons. The topological polar surface area (TPSA) is 54.2 Å². The molecule has 0 aliphatic carbocycles. The molecule has 0 unspecified atom stereocenters. The van der Waals surface area contributed by atoms with Crippen molar-refractivity contribution in [1.82, 2.24) is 15.3 Å². The minimum atomic E-state index is -1.58. The Morgan fingerprint density at radius 3 is 2.76 bits per heavy atom. The van der Waals surface area contributed by atoms with Crippen LogP contribution in [0.25, 0.3) is 22.4 Å². The highest BCUT2D eigenvalue weighted by Crippen LogP contribution is 2.36. The van der Waals surface area contributed by atoms with Crippen LogP contribution in [0.2, 0.25) is 0 Å². The number of nitrogens with one attached hydrogen (secondary N) is 1. The summed E-state index contributed by atoms with van der Waals surface area (Å²) in [6.07, 6.45) is 1.44. The van der Waals surface area contributed by atoms with Crippen LogP contribution in [-0.2, 0) is 0 Å². The zero-order valence-corrected chi connectivity index (χ0v) is 13.4. The molecule has 2 aromatic heterocycles. The lowest BCUT2D eigenvalue weighted by Gasteiger charge is -2.32. The summed E-state index contributed by atoms with van der Waals surface area (Å²) in [7, 11) is 0. The summed E-state index contributed by atoms with van der Waals surface area (Å²) in [5.74, 6) is -4.27. The van der Waals surface area contributed by atoms with E-state index in [0.717, 1.165) is 0 Å². The minimum absolute atomic E-state index is 0.0536. The number of halogens is 3. The Bertz CT molecular complexity index is 929. The Morgan fingerprint density at radius 1 is 1.20 bits per heavy atom. The van der Waals surface area contributed by atoms with Crippen LogP contribution in [0.3, 0.4) is 0 Å². The smallest absolute Gasteiger partial charge is 0.298 e. The molecule has 0 bridgehead atoms. The maximum absolute atomic E-state index is 14.4. The zero-order valence-electron chi connectivity index (χ0n) is 13.4. The van der Waals surface area contributed by atoms with Crippen molar-refractivity contribution in [3.8, 4) is 11.3 Å². The van der Waals surface area contributed by atoms with E-state index in [4.69, 9.17) is 4.42 Å². The standard InChI is InChI=1S/C17H15F3N4O/c1-9-8-21-6-7-24(9)17-23-15-14(20)13(19)12(18)11(16(15)25-17)10-4-2-3-5-22-10/h2-5,9,21H,6-8H2,1H3/t9-/m0/s1. The number of oxazole rings is 1. The predicted molar refractivity (Wildman–Crippen MR) is 86.8 cm³/mol. The predicted octanol–water partition coefficient (Wildman–Crippen LogP) is 3.11. The molecule has 0 saturated carbocycles. The summed E-state index contributed by atoms with van der Waals surface area (Å²) in [4.78, 5) is 9.96. The van der Waals surface area contributed by atoms with E-state index in [2.05, 4.69) is 15.3 Å². The molecule has 1 saturated heterocycles. The molecular formula is C17H15F3N4O. The van der Waals surface area contributed by atoms with Gasteiger partial charge in [-0.1, -0.05) is 6.07 Å². The molecule has 1 aromatic carbocycles. The highest BCUT2D eigenvalue weighted by molar-refractivity contribution is 5.91. The van der Waals surface area contributed by atoms with Crippen LogP contribution in [0.4, 0.5) is 19.2 Å². The first-order valence-corrected chi connectivity index (χ1v) is 7.93. The quantitative estimate of drug-likeness (QED) is 0.721. The zero-order chi connectivity index (χ0) is 17.6. The molecule has 1 aliphatic heterocycles. The fourth-order valence-corrected chi connectivity index (χ4v) is 3.02. The minimum Gasteiger partial charge on any atom is -0.422 e. The molecule has 25 heavy (non-hydrogen) atoms. The van der Waals surface area contributed by atoms with Crippen LogP contribution in [-0.4, -0.2) is 35.6 Å². The number of hydrogen-bond acceptors (Lipinski definition) is 5. The maximum atomic E-state index is 14.4. The van der Waals surface area contributed by atoms with Crippen molar-refractivity contribution in [3.05, 3.63) is 41.8 Å². The molecule has 3 heterocycles. The molecule has 3 aromatic rings. The molecule has 0 spiro atoms. The molecule has 4 rings (SSSR count). The van der Waals surface area contributed by atoms with E-state index in [1.807, 2.05) is 11.8 Å². The Labute approximate surface area is 141 Å². The summed E-state index contributed by atoms with van der Waals surface area (Å²) in [5.41, 5.74) is -0.549. The van der Waals surface area contributed by atoms with E-state index in [0.29, 0.717) is 19.6 Å². The summed E-state index contributed by atoms with van der Waals surface area (Å²) in [5, 5.41) is 3.22. The number of benzene rings is 1. The second-order valence-electron chi connectivity index (χ2n) is 5.95. The van der Waals surface area contributed by atoms with Crippen LogP contribution in [0.1, 0.15) is 6.92 Å². The first-order chi connectivity index (χ1) is 12.1. The van der Waals surface area contributed by atoms with Crippen molar-refractivity contribution in [2.24, 2.45) is 0 Å². The van der Waals surface area contributed by atoms with Crippen molar-refractivity contribution in [1.29, 1.82) is 0 Å². The van der Waals surface area contributed by atoms with Gasteiger partial charge in [0.2, 0.25) is 0 Å². The largest absolute Gasteiger partial charge is 0.422 e. The molecule has 1 aliphatic rings. The third-order valence-corrected chi connectivity index (χ3v) is 4.32. The van der Waals surface area contributed by atoms with Crippen molar-refractivity contribution in [2.45, 2.75) is 13.0 Å². The lowest BCUT2D eigenvalue weighted by atomic mass is 10.1. The molecule has 8 heteroatoms. The molecular weight excluding hydrogens is 333 g/mol. The van der Waals surface area contributed by atoms with Crippen LogP contribution >= 0.6 is 0 Å². The average Bonchev–Trinajstić information content (AvgIpc) is 3.06. The number of fused-ring (bicyclic) bond motifs is 1. The average molecular weight is 348 g/mol. The van der Waals surface area contributed by atoms with Gasteiger partial charge in [0.05, 0.1) is 11.3 Å². The summed E-state index contributed by atoms with van der Waals surface area (Å²) >= 11 is 0. The van der Waals surface area contributed by atoms with E-state index >= 15 is 0 Å². The van der Waals surface area contributed by atoms with Crippen molar-refractivity contribution < 1.29 is 17.6 Å². The van der Waals surface area contributed by atoms with Gasteiger partial charge in [-0.05, 0) is 19.1 Å². The van der Waals surface area contributed by atoms with Gasteiger partial charge in [-0.25, -0.2) is 13.2 Å². The van der Waals surface area contributed by atoms with Crippen LogP contribution in [0.15, 0.2) is 28.8 Å². The van der Waals surface area contributed by atoms with Gasteiger partial charge in [0.25, 0.3) is 6.01 Å². The third-order valence-electron chi connectivity index (χ3n) is 4.32. The van der Waals surface area contributed by atoms with Gasteiger partial charge in [0.15, 0.2) is 28.6 Å². The highest BCUT2D eigenvalue weighted by atomic mass is 19.2. The fourth-order valence-electron chi connectivity index (χ4n) is 3.02. The SMILES string of the molecule is C[C@H]1CNCCN1c1nc2c(F)c(F)c(F)c(-c3ccccn3)c2o1. The van der Waals surface area contributed by atoms with E-state index in [1.54, 1.807) is 12.1 Å². The Kier molecular flexibility index (Phi) is 3.84. The molecule has 0 radical (unpaired) electrons. The van der Waals surface area contributed by atoms with Gasteiger partial charge in [-0.2, -0.15) is 4.98 Å². The number of piperazine rings is 1. The van der Waals surface area contributed by atoms with Gasteiger partial charge < -0.3 is 14.6 Å². The van der Waals surface area contributed by atoms with Crippen molar-refractivity contribution >= 4 is 17.1 Å². The number of pyridine rings is 1. The summed E-state index contributed by atoms with van der Waals surface area (Å²) in [6, 6.07) is 4.98.